The fraction of sp³-hybridized carbons (Fsp3) is 0.348. The van der Waals surface area contributed by atoms with Gasteiger partial charge in [0.2, 0.25) is 11.9 Å². The first kappa shape index (κ1) is 19.9. The minimum absolute atomic E-state index is 0.164. The zero-order valence-electron chi connectivity index (χ0n) is 16.9. The zero-order valence-corrected chi connectivity index (χ0v) is 16.9. The summed E-state index contributed by atoms with van der Waals surface area (Å²) in [5, 5.41) is 8.41. The van der Waals surface area contributed by atoms with E-state index >= 15 is 0 Å². The zero-order chi connectivity index (χ0) is 20.8. The molecule has 1 saturated carbocycles. The molecule has 7 heteroatoms. The maximum absolute atomic E-state index is 12.5. The molecular formula is C23H27N5O2. The Hall–Kier alpha value is -3.35. The lowest BCUT2D eigenvalue weighted by Crippen LogP contribution is -2.31. The lowest BCUT2D eigenvalue weighted by Gasteiger charge is -2.25. The first-order chi connectivity index (χ1) is 14.7. The Morgan fingerprint density at radius 3 is 2.47 bits per heavy atom. The molecule has 4 rings (SSSR count). The number of anilines is 2. The third-order valence-corrected chi connectivity index (χ3v) is 5.46. The highest BCUT2D eigenvalue weighted by Crippen LogP contribution is 2.34. The van der Waals surface area contributed by atoms with Gasteiger partial charge < -0.3 is 15.2 Å². The van der Waals surface area contributed by atoms with Gasteiger partial charge >= 0.3 is 6.03 Å². The van der Waals surface area contributed by atoms with E-state index in [0.29, 0.717) is 17.7 Å². The van der Waals surface area contributed by atoms with Crippen LogP contribution in [-0.4, -0.2) is 28.0 Å². The first-order valence-electron chi connectivity index (χ1n) is 10.6. The number of aromatic nitrogens is 2. The molecule has 1 fully saturated rings. The minimum Gasteiger partial charge on any atom is -0.337 e. The summed E-state index contributed by atoms with van der Waals surface area (Å²) in [6.07, 6.45) is 6.04. The topological polar surface area (TPSA) is 88.1 Å². The summed E-state index contributed by atoms with van der Waals surface area (Å²) >= 11 is 0. The van der Waals surface area contributed by atoms with Crippen molar-refractivity contribution in [3.05, 3.63) is 54.6 Å². The third kappa shape index (κ3) is 4.79. The fourth-order valence-electron chi connectivity index (χ4n) is 4.02. The molecule has 0 atom stereocenters. The van der Waals surface area contributed by atoms with Crippen molar-refractivity contribution in [2.45, 2.75) is 44.6 Å². The second-order valence-electron chi connectivity index (χ2n) is 7.63. The summed E-state index contributed by atoms with van der Waals surface area (Å²) in [5.74, 6) is 0.434. The van der Waals surface area contributed by atoms with E-state index in [4.69, 9.17) is 0 Å². The Balaban J connectivity index is 1.36. The van der Waals surface area contributed by atoms with Gasteiger partial charge in [-0.15, -0.1) is 0 Å². The number of urea groups is 1. The van der Waals surface area contributed by atoms with E-state index in [1.54, 1.807) is 0 Å². The van der Waals surface area contributed by atoms with Gasteiger partial charge in [0.1, 0.15) is 0 Å². The molecule has 0 radical (unpaired) electrons. The SMILES string of the molecule is O=C(CCNC(=O)Nc1ccccc1)Nc1nc2ccccc2n1C1CCCCC1. The van der Waals surface area contributed by atoms with Gasteiger partial charge in [-0.25, -0.2) is 9.78 Å². The minimum atomic E-state index is -0.330. The molecule has 0 bridgehead atoms. The van der Waals surface area contributed by atoms with Crippen LogP contribution >= 0.6 is 0 Å². The molecular weight excluding hydrogens is 378 g/mol. The number of para-hydroxylation sites is 3. The van der Waals surface area contributed by atoms with Crippen LogP contribution in [-0.2, 0) is 4.79 Å². The van der Waals surface area contributed by atoms with Gasteiger partial charge in [0.15, 0.2) is 0 Å². The molecule has 156 valence electrons. The quantitative estimate of drug-likeness (QED) is 0.556. The summed E-state index contributed by atoms with van der Waals surface area (Å²) in [6.45, 7) is 0.244. The smallest absolute Gasteiger partial charge is 0.319 e. The van der Waals surface area contributed by atoms with Gasteiger partial charge in [-0.3, -0.25) is 10.1 Å². The van der Waals surface area contributed by atoms with Crippen LogP contribution in [0.15, 0.2) is 54.6 Å². The van der Waals surface area contributed by atoms with Gasteiger partial charge in [0.05, 0.1) is 11.0 Å². The van der Waals surface area contributed by atoms with E-state index < -0.39 is 0 Å². The number of imidazole rings is 1. The van der Waals surface area contributed by atoms with Gasteiger partial charge in [-0.1, -0.05) is 49.6 Å². The highest BCUT2D eigenvalue weighted by atomic mass is 16.2. The molecule has 30 heavy (non-hydrogen) atoms. The van der Waals surface area contributed by atoms with Crippen LogP contribution in [0.25, 0.3) is 11.0 Å². The van der Waals surface area contributed by atoms with Gasteiger partial charge in [0, 0.05) is 24.7 Å². The Bertz CT molecular complexity index is 1010. The molecule has 0 spiro atoms. The summed E-state index contributed by atoms with van der Waals surface area (Å²) in [4.78, 5) is 29.1. The summed E-state index contributed by atoms with van der Waals surface area (Å²) in [5.41, 5.74) is 2.65. The molecule has 3 amide bonds. The molecule has 7 nitrogen and oxygen atoms in total. The molecule has 2 aromatic carbocycles. The van der Waals surface area contributed by atoms with Crippen molar-refractivity contribution in [3.8, 4) is 0 Å². The monoisotopic (exact) mass is 405 g/mol. The standard InChI is InChI=1S/C23H27N5O2/c29-21(15-16-24-23(30)25-17-9-3-1-4-10-17)27-22-26-19-13-7-8-14-20(19)28(22)18-11-5-2-6-12-18/h1,3-4,7-10,13-14,18H,2,5-6,11-12,15-16H2,(H2,24,25,30)(H,26,27,29). The summed E-state index contributed by atoms with van der Waals surface area (Å²) in [6, 6.07) is 17.2. The van der Waals surface area contributed by atoms with Crippen molar-refractivity contribution in [2.75, 3.05) is 17.2 Å². The van der Waals surface area contributed by atoms with Crippen molar-refractivity contribution in [1.29, 1.82) is 0 Å². The van der Waals surface area contributed by atoms with Crippen LogP contribution in [0.5, 0.6) is 0 Å². The number of amides is 3. The molecule has 0 unspecified atom stereocenters. The molecule has 1 aliphatic rings. The van der Waals surface area contributed by atoms with E-state index in [1.807, 2.05) is 48.5 Å². The molecule has 1 aliphatic carbocycles. The third-order valence-electron chi connectivity index (χ3n) is 5.46. The average molecular weight is 406 g/mol. The Labute approximate surface area is 175 Å². The molecule has 1 aromatic heterocycles. The molecule has 3 aromatic rings. The Kier molecular flexibility index (Phi) is 6.27. The largest absolute Gasteiger partial charge is 0.337 e. The first-order valence-corrected chi connectivity index (χ1v) is 10.6. The van der Waals surface area contributed by atoms with Crippen molar-refractivity contribution < 1.29 is 9.59 Å². The fourth-order valence-corrected chi connectivity index (χ4v) is 4.02. The predicted octanol–water partition coefficient (Wildman–Crippen LogP) is 4.69. The number of hydrogen-bond acceptors (Lipinski definition) is 3. The molecule has 0 aliphatic heterocycles. The second kappa shape index (κ2) is 9.43. The highest BCUT2D eigenvalue weighted by Gasteiger charge is 2.22. The molecule has 3 N–H and O–H groups in total. The van der Waals surface area contributed by atoms with E-state index in [-0.39, 0.29) is 24.9 Å². The van der Waals surface area contributed by atoms with Crippen LogP contribution in [0.2, 0.25) is 0 Å². The van der Waals surface area contributed by atoms with E-state index in [0.717, 1.165) is 23.9 Å². The normalized spacial score (nSPS) is 14.4. The molecule has 0 saturated heterocycles. The average Bonchev–Trinajstić information content (AvgIpc) is 3.12. The second-order valence-corrected chi connectivity index (χ2v) is 7.63. The van der Waals surface area contributed by atoms with Crippen molar-refractivity contribution in [1.82, 2.24) is 14.9 Å². The van der Waals surface area contributed by atoms with E-state index in [9.17, 15) is 9.59 Å². The van der Waals surface area contributed by atoms with Gasteiger partial charge in [-0.05, 0) is 37.1 Å². The van der Waals surface area contributed by atoms with Crippen LogP contribution in [0, 0.1) is 0 Å². The predicted molar refractivity (Wildman–Crippen MR) is 119 cm³/mol. The number of rotatable bonds is 6. The number of nitrogens with zero attached hydrogens (tertiary/aromatic N) is 2. The highest BCUT2D eigenvalue weighted by molar-refractivity contribution is 5.93. The summed E-state index contributed by atoms with van der Waals surface area (Å²) < 4.78 is 2.18. The van der Waals surface area contributed by atoms with Crippen LogP contribution in [0.1, 0.15) is 44.6 Å². The maximum Gasteiger partial charge on any atom is 0.319 e. The van der Waals surface area contributed by atoms with E-state index in [2.05, 4.69) is 31.6 Å². The number of benzene rings is 2. The lowest BCUT2D eigenvalue weighted by atomic mass is 9.95. The van der Waals surface area contributed by atoms with Crippen LogP contribution in [0.4, 0.5) is 16.4 Å². The lowest BCUT2D eigenvalue weighted by molar-refractivity contribution is -0.116. The van der Waals surface area contributed by atoms with E-state index in [1.165, 1.54) is 19.3 Å². The van der Waals surface area contributed by atoms with Gasteiger partial charge in [-0.2, -0.15) is 0 Å². The number of carbonyl (C=O) groups is 2. The van der Waals surface area contributed by atoms with Crippen LogP contribution in [0.3, 0.4) is 0 Å². The molecule has 1 heterocycles. The number of nitrogens with one attached hydrogen (secondary N) is 3. The number of fused-ring (bicyclic) bond motifs is 1. The van der Waals surface area contributed by atoms with Crippen molar-refractivity contribution in [2.24, 2.45) is 0 Å². The maximum atomic E-state index is 12.5. The Morgan fingerprint density at radius 1 is 0.933 bits per heavy atom. The van der Waals surface area contributed by atoms with Crippen molar-refractivity contribution in [3.63, 3.8) is 0 Å². The Morgan fingerprint density at radius 2 is 1.67 bits per heavy atom. The van der Waals surface area contributed by atoms with Gasteiger partial charge in [0.25, 0.3) is 0 Å². The number of hydrogen-bond donors (Lipinski definition) is 3. The summed E-state index contributed by atoms with van der Waals surface area (Å²) in [7, 11) is 0. The van der Waals surface area contributed by atoms with Crippen molar-refractivity contribution >= 4 is 34.6 Å². The number of carbonyl (C=O) groups excluding carboxylic acids is 2. The van der Waals surface area contributed by atoms with Crippen LogP contribution < -0.4 is 16.0 Å².